The predicted octanol–water partition coefficient (Wildman–Crippen LogP) is 5.89. The molecule has 1 aromatic heterocycles. The topological polar surface area (TPSA) is 59.0 Å². The van der Waals surface area contributed by atoms with Crippen LogP contribution in [0.4, 0.5) is 19.0 Å². The number of nitrogens with zero attached hydrogens (tertiary/aromatic N) is 2. The van der Waals surface area contributed by atoms with Crippen LogP contribution in [0.1, 0.15) is 40.1 Å². The summed E-state index contributed by atoms with van der Waals surface area (Å²) in [6, 6.07) is 13.6. The Morgan fingerprint density at radius 1 is 1.19 bits per heavy atom. The fourth-order valence-corrected chi connectivity index (χ4v) is 4.04. The van der Waals surface area contributed by atoms with E-state index in [0.29, 0.717) is 5.56 Å². The minimum Gasteiger partial charge on any atom is -0.362 e. The maximum atomic E-state index is 13.8. The molecule has 162 valence electrons. The van der Waals surface area contributed by atoms with Crippen molar-refractivity contribution >= 4 is 39.3 Å². The smallest absolute Gasteiger partial charge is 0.362 e. The molecular formula is C21H17BrClF3N4O. The van der Waals surface area contributed by atoms with Crippen LogP contribution in [0.15, 0.2) is 59.1 Å². The molecule has 0 spiro atoms. The number of fused-ring (bicyclic) bond motifs is 1. The molecule has 5 nitrogen and oxygen atoms in total. The van der Waals surface area contributed by atoms with Gasteiger partial charge in [-0.2, -0.15) is 18.3 Å². The van der Waals surface area contributed by atoms with Gasteiger partial charge < -0.3 is 10.6 Å². The first kappa shape index (κ1) is 21.7. The van der Waals surface area contributed by atoms with Gasteiger partial charge >= 0.3 is 6.18 Å². The zero-order valence-corrected chi connectivity index (χ0v) is 18.3. The maximum Gasteiger partial charge on any atom is 0.410 e. The molecule has 10 heteroatoms. The molecule has 0 saturated carbocycles. The van der Waals surface area contributed by atoms with Gasteiger partial charge in [-0.05, 0) is 23.3 Å². The van der Waals surface area contributed by atoms with E-state index in [4.69, 9.17) is 11.6 Å². The largest absolute Gasteiger partial charge is 0.410 e. The number of anilines is 1. The van der Waals surface area contributed by atoms with E-state index in [2.05, 4.69) is 31.7 Å². The normalized spacial score (nSPS) is 18.2. The highest BCUT2D eigenvalue weighted by molar-refractivity contribution is 9.10. The summed E-state index contributed by atoms with van der Waals surface area (Å²) in [4.78, 5) is 12.6. The fraction of sp³-hybridized carbons (Fsp3) is 0.238. The van der Waals surface area contributed by atoms with Gasteiger partial charge in [0.05, 0.1) is 6.04 Å². The van der Waals surface area contributed by atoms with Crippen LogP contribution >= 0.6 is 27.5 Å². The van der Waals surface area contributed by atoms with Crippen molar-refractivity contribution in [2.24, 2.45) is 0 Å². The first-order valence-corrected chi connectivity index (χ1v) is 10.6. The number of alkyl halides is 3. The Hall–Kier alpha value is -2.52. The molecule has 2 unspecified atom stereocenters. The predicted molar refractivity (Wildman–Crippen MR) is 115 cm³/mol. The Labute approximate surface area is 189 Å². The highest BCUT2D eigenvalue weighted by Crippen LogP contribution is 2.46. The molecule has 2 N–H and O–H groups in total. The summed E-state index contributed by atoms with van der Waals surface area (Å²) in [6.07, 6.45) is -4.83. The number of carbonyl (C=O) groups is 1. The number of halogens is 5. The van der Waals surface area contributed by atoms with Crippen molar-refractivity contribution in [1.29, 1.82) is 0 Å². The minimum absolute atomic E-state index is 0.0204. The van der Waals surface area contributed by atoms with Crippen molar-refractivity contribution in [2.45, 2.75) is 31.2 Å². The lowest BCUT2D eigenvalue weighted by molar-refractivity contribution is -0.173. The zero-order valence-electron chi connectivity index (χ0n) is 16.0. The van der Waals surface area contributed by atoms with Crippen molar-refractivity contribution in [3.63, 3.8) is 0 Å². The van der Waals surface area contributed by atoms with Gasteiger partial charge in [-0.25, -0.2) is 4.68 Å². The second-order valence-corrected chi connectivity index (χ2v) is 8.46. The third-order valence-corrected chi connectivity index (χ3v) is 5.97. The standard InChI is InChI=1S/C21H17BrClF3N4O/c22-14-8-6-13(7-9-14)15-10-16(21(24,25)26)30-19(28-15)17(23)18(29-30)20(31)27-11-12-4-2-1-3-5-12/h1-9,15-16,28H,10-11H2,(H,27,31). The lowest BCUT2D eigenvalue weighted by atomic mass is 9.97. The third-order valence-electron chi connectivity index (χ3n) is 5.08. The fourth-order valence-electron chi connectivity index (χ4n) is 3.51. The molecular weight excluding hydrogens is 497 g/mol. The van der Waals surface area contributed by atoms with E-state index in [1.54, 1.807) is 24.3 Å². The van der Waals surface area contributed by atoms with Crippen molar-refractivity contribution in [2.75, 3.05) is 5.32 Å². The first-order valence-electron chi connectivity index (χ1n) is 9.43. The number of hydrogen-bond donors (Lipinski definition) is 2. The van der Waals surface area contributed by atoms with Crippen LogP contribution in [0.3, 0.4) is 0 Å². The average molecular weight is 514 g/mol. The summed E-state index contributed by atoms with van der Waals surface area (Å²) >= 11 is 9.65. The lowest BCUT2D eigenvalue weighted by Crippen LogP contribution is -2.35. The molecule has 0 radical (unpaired) electrons. The molecule has 0 aliphatic carbocycles. The molecule has 0 saturated heterocycles. The highest BCUT2D eigenvalue weighted by atomic mass is 79.9. The summed E-state index contributed by atoms with van der Waals surface area (Å²) < 4.78 is 43.1. The quantitative estimate of drug-likeness (QED) is 0.457. The number of amides is 1. The number of hydrogen-bond acceptors (Lipinski definition) is 3. The Balaban J connectivity index is 1.64. The van der Waals surface area contributed by atoms with Gasteiger partial charge in [0.2, 0.25) is 0 Å². The molecule has 31 heavy (non-hydrogen) atoms. The molecule has 1 aliphatic rings. The second kappa shape index (κ2) is 8.55. The Bertz CT molecular complexity index is 1090. The van der Waals surface area contributed by atoms with Crippen LogP contribution < -0.4 is 10.6 Å². The van der Waals surface area contributed by atoms with Gasteiger partial charge in [0, 0.05) is 17.4 Å². The van der Waals surface area contributed by atoms with Crippen molar-refractivity contribution in [1.82, 2.24) is 15.1 Å². The Morgan fingerprint density at radius 3 is 2.52 bits per heavy atom. The van der Waals surface area contributed by atoms with Gasteiger partial charge in [0.1, 0.15) is 10.8 Å². The van der Waals surface area contributed by atoms with Crippen molar-refractivity contribution in [3.8, 4) is 0 Å². The van der Waals surface area contributed by atoms with Gasteiger partial charge in [-0.15, -0.1) is 0 Å². The van der Waals surface area contributed by atoms with E-state index >= 15 is 0 Å². The third kappa shape index (κ3) is 4.57. The number of benzene rings is 2. The van der Waals surface area contributed by atoms with Crippen LogP contribution in [-0.4, -0.2) is 21.9 Å². The Kier molecular flexibility index (Phi) is 5.98. The maximum absolute atomic E-state index is 13.8. The van der Waals surface area contributed by atoms with Crippen LogP contribution in [0.2, 0.25) is 5.02 Å². The molecule has 2 atom stereocenters. The number of carbonyl (C=O) groups excluding carboxylic acids is 1. The van der Waals surface area contributed by atoms with E-state index in [1.165, 1.54) is 0 Å². The summed E-state index contributed by atoms with van der Waals surface area (Å²) in [5.74, 6) is -0.660. The molecule has 1 aliphatic heterocycles. The van der Waals surface area contributed by atoms with Crippen LogP contribution in [0.5, 0.6) is 0 Å². The highest BCUT2D eigenvalue weighted by Gasteiger charge is 2.47. The second-order valence-electron chi connectivity index (χ2n) is 7.17. The average Bonchev–Trinajstić information content (AvgIpc) is 3.08. The van der Waals surface area contributed by atoms with Crippen molar-refractivity contribution < 1.29 is 18.0 Å². The van der Waals surface area contributed by atoms with E-state index < -0.39 is 24.2 Å². The van der Waals surface area contributed by atoms with Gasteiger partial charge in [0.15, 0.2) is 11.7 Å². The van der Waals surface area contributed by atoms with Crippen LogP contribution in [-0.2, 0) is 6.54 Å². The van der Waals surface area contributed by atoms with Crippen LogP contribution in [0, 0.1) is 0 Å². The summed E-state index contributed by atoms with van der Waals surface area (Å²) in [7, 11) is 0. The van der Waals surface area contributed by atoms with E-state index in [9.17, 15) is 18.0 Å². The van der Waals surface area contributed by atoms with E-state index in [0.717, 1.165) is 14.7 Å². The van der Waals surface area contributed by atoms with Crippen LogP contribution in [0.25, 0.3) is 0 Å². The zero-order chi connectivity index (χ0) is 22.2. The SMILES string of the molecule is O=C(NCc1ccccc1)c1nn2c(c1Cl)NC(c1ccc(Br)cc1)CC2C(F)(F)F. The molecule has 3 aromatic rings. The molecule has 2 heterocycles. The van der Waals surface area contributed by atoms with Gasteiger partial charge in [-0.1, -0.05) is 70.0 Å². The summed E-state index contributed by atoms with van der Waals surface area (Å²) in [6.45, 7) is 0.204. The van der Waals surface area contributed by atoms with Crippen molar-refractivity contribution in [3.05, 3.63) is 80.9 Å². The molecule has 0 fully saturated rings. The monoisotopic (exact) mass is 512 g/mol. The molecule has 2 aromatic carbocycles. The minimum atomic E-state index is -4.56. The molecule has 4 rings (SSSR count). The number of rotatable bonds is 4. The van der Waals surface area contributed by atoms with Gasteiger partial charge in [-0.3, -0.25) is 4.79 Å². The number of nitrogens with one attached hydrogen (secondary N) is 2. The van der Waals surface area contributed by atoms with E-state index in [-0.39, 0.29) is 29.5 Å². The summed E-state index contributed by atoms with van der Waals surface area (Å²) in [5.41, 5.74) is 1.28. The Morgan fingerprint density at radius 2 is 1.87 bits per heavy atom. The lowest BCUT2D eigenvalue weighted by Gasteiger charge is -2.33. The summed E-state index contributed by atoms with van der Waals surface area (Å²) in [5, 5.41) is 9.48. The van der Waals surface area contributed by atoms with E-state index in [1.807, 2.05) is 30.3 Å². The van der Waals surface area contributed by atoms with Gasteiger partial charge in [0.25, 0.3) is 5.91 Å². The number of aromatic nitrogens is 2. The molecule has 1 amide bonds. The first-order chi connectivity index (χ1) is 14.7. The molecule has 0 bridgehead atoms.